The maximum atomic E-state index is 5.28. The average molecular weight is 252 g/mol. The van der Waals surface area contributed by atoms with Crippen LogP contribution >= 0.6 is 0 Å². The lowest BCUT2D eigenvalue weighted by atomic mass is 10.1. The van der Waals surface area contributed by atoms with Crippen molar-refractivity contribution in [2.45, 2.75) is 45.6 Å². The van der Waals surface area contributed by atoms with E-state index in [0.717, 1.165) is 57.3 Å². The highest BCUT2D eigenvalue weighted by Crippen LogP contribution is 2.07. The summed E-state index contributed by atoms with van der Waals surface area (Å²) in [4.78, 5) is 6.83. The smallest absolute Gasteiger partial charge is 0.226 e. The Morgan fingerprint density at radius 2 is 2.06 bits per heavy atom. The van der Waals surface area contributed by atoms with Crippen molar-refractivity contribution in [3.63, 3.8) is 0 Å². The molecule has 1 saturated heterocycles. The lowest BCUT2D eigenvalue weighted by Crippen LogP contribution is -2.43. The molecule has 5 nitrogen and oxygen atoms in total. The molecule has 5 heteroatoms. The molecular formula is C13H24N4O. The summed E-state index contributed by atoms with van der Waals surface area (Å²) in [6.45, 7) is 7.29. The van der Waals surface area contributed by atoms with E-state index in [2.05, 4.69) is 27.3 Å². The van der Waals surface area contributed by atoms with Crippen LogP contribution in [0.25, 0.3) is 0 Å². The molecule has 18 heavy (non-hydrogen) atoms. The van der Waals surface area contributed by atoms with Crippen LogP contribution in [0.15, 0.2) is 4.52 Å². The minimum absolute atomic E-state index is 0.802. The Hall–Kier alpha value is -0.940. The van der Waals surface area contributed by atoms with Gasteiger partial charge in [0.15, 0.2) is 5.82 Å². The Morgan fingerprint density at radius 1 is 1.22 bits per heavy atom. The van der Waals surface area contributed by atoms with Crippen LogP contribution in [0.5, 0.6) is 0 Å². The number of aromatic nitrogens is 2. The number of nitrogens with zero attached hydrogens (tertiary/aromatic N) is 3. The van der Waals surface area contributed by atoms with Gasteiger partial charge >= 0.3 is 0 Å². The second-order valence-electron chi connectivity index (χ2n) is 4.94. The minimum atomic E-state index is 0.802. The highest BCUT2D eigenvalue weighted by Gasteiger charge is 2.13. The molecule has 0 amide bonds. The quantitative estimate of drug-likeness (QED) is 0.747. The van der Waals surface area contributed by atoms with Crippen molar-refractivity contribution in [2.24, 2.45) is 0 Å². The highest BCUT2D eigenvalue weighted by molar-refractivity contribution is 4.87. The number of unbranched alkanes of at least 4 members (excludes halogenated alkanes) is 3. The second-order valence-corrected chi connectivity index (χ2v) is 4.94. The van der Waals surface area contributed by atoms with E-state index in [1.807, 2.05) is 0 Å². The first-order valence-electron chi connectivity index (χ1n) is 7.13. The molecule has 102 valence electrons. The molecule has 0 saturated carbocycles. The molecule has 0 atom stereocenters. The Kier molecular flexibility index (Phi) is 5.61. The minimum Gasteiger partial charge on any atom is -0.339 e. The molecule has 0 aliphatic carbocycles. The third-order valence-electron chi connectivity index (χ3n) is 3.33. The van der Waals surface area contributed by atoms with Crippen molar-refractivity contribution in [2.75, 3.05) is 26.2 Å². The monoisotopic (exact) mass is 252 g/mol. The lowest BCUT2D eigenvalue weighted by molar-refractivity contribution is 0.224. The van der Waals surface area contributed by atoms with Crippen molar-refractivity contribution in [3.8, 4) is 0 Å². The second kappa shape index (κ2) is 7.48. The third kappa shape index (κ3) is 4.38. The van der Waals surface area contributed by atoms with E-state index in [4.69, 9.17) is 4.52 Å². The summed E-state index contributed by atoms with van der Waals surface area (Å²) in [5, 5.41) is 7.40. The molecule has 1 aliphatic heterocycles. The molecule has 0 unspecified atom stereocenters. The van der Waals surface area contributed by atoms with Gasteiger partial charge in [-0.2, -0.15) is 4.98 Å². The van der Waals surface area contributed by atoms with Gasteiger partial charge in [-0.1, -0.05) is 31.3 Å². The molecular weight excluding hydrogens is 228 g/mol. The fourth-order valence-electron chi connectivity index (χ4n) is 2.23. The van der Waals surface area contributed by atoms with Crippen LogP contribution in [0, 0.1) is 0 Å². The van der Waals surface area contributed by atoms with Crippen LogP contribution < -0.4 is 5.32 Å². The van der Waals surface area contributed by atoms with Gasteiger partial charge in [0.05, 0.1) is 6.54 Å². The Morgan fingerprint density at radius 3 is 2.83 bits per heavy atom. The number of rotatable bonds is 7. The standard InChI is InChI=1S/C13H24N4O/c1-2-3-4-5-6-13-15-12(16-18-13)11-17-9-7-14-8-10-17/h14H,2-11H2,1H3. The normalized spacial score (nSPS) is 17.2. The maximum Gasteiger partial charge on any atom is 0.226 e. The summed E-state index contributed by atoms with van der Waals surface area (Å²) in [5.74, 6) is 1.64. The molecule has 0 aromatic carbocycles. The summed E-state index contributed by atoms with van der Waals surface area (Å²) in [6.07, 6.45) is 5.89. The average Bonchev–Trinajstić information content (AvgIpc) is 2.84. The topological polar surface area (TPSA) is 54.2 Å². The summed E-state index contributed by atoms with van der Waals surface area (Å²) in [7, 11) is 0. The van der Waals surface area contributed by atoms with Crippen molar-refractivity contribution in [3.05, 3.63) is 11.7 Å². The number of hydrogen-bond donors (Lipinski definition) is 1. The fraction of sp³-hybridized carbons (Fsp3) is 0.846. The van der Waals surface area contributed by atoms with Gasteiger partial charge in [0.25, 0.3) is 0 Å². The molecule has 1 fully saturated rings. The lowest BCUT2D eigenvalue weighted by Gasteiger charge is -2.25. The van der Waals surface area contributed by atoms with Gasteiger partial charge in [0, 0.05) is 32.6 Å². The van der Waals surface area contributed by atoms with E-state index in [1.165, 1.54) is 19.3 Å². The van der Waals surface area contributed by atoms with Crippen molar-refractivity contribution >= 4 is 0 Å². The van der Waals surface area contributed by atoms with E-state index in [0.29, 0.717) is 0 Å². The Balaban J connectivity index is 1.71. The predicted octanol–water partition coefficient (Wildman–Crippen LogP) is 1.60. The first-order chi connectivity index (χ1) is 8.88. The summed E-state index contributed by atoms with van der Waals surface area (Å²) in [6, 6.07) is 0. The van der Waals surface area contributed by atoms with Crippen molar-refractivity contribution in [1.29, 1.82) is 0 Å². The van der Waals surface area contributed by atoms with E-state index in [-0.39, 0.29) is 0 Å². The van der Waals surface area contributed by atoms with E-state index < -0.39 is 0 Å². The first-order valence-corrected chi connectivity index (χ1v) is 7.13. The first kappa shape index (κ1) is 13.5. The van der Waals surface area contributed by atoms with Gasteiger partial charge < -0.3 is 9.84 Å². The van der Waals surface area contributed by atoms with E-state index in [1.54, 1.807) is 0 Å². The van der Waals surface area contributed by atoms with Crippen molar-refractivity contribution < 1.29 is 4.52 Å². The van der Waals surface area contributed by atoms with Gasteiger partial charge in [-0.3, -0.25) is 4.90 Å². The predicted molar refractivity (Wildman–Crippen MR) is 70.3 cm³/mol. The Labute approximate surface area is 109 Å². The van der Waals surface area contributed by atoms with Gasteiger partial charge in [-0.15, -0.1) is 0 Å². The molecule has 0 bridgehead atoms. The van der Waals surface area contributed by atoms with Gasteiger partial charge in [0.2, 0.25) is 5.89 Å². The van der Waals surface area contributed by atoms with Crippen LogP contribution in [0.3, 0.4) is 0 Å². The Bertz CT molecular complexity index is 333. The maximum absolute atomic E-state index is 5.28. The molecule has 0 spiro atoms. The number of piperazine rings is 1. The highest BCUT2D eigenvalue weighted by atomic mass is 16.5. The van der Waals surface area contributed by atoms with Crippen LogP contribution in [0.2, 0.25) is 0 Å². The molecule has 1 N–H and O–H groups in total. The summed E-state index contributed by atoms with van der Waals surface area (Å²) < 4.78 is 5.28. The largest absolute Gasteiger partial charge is 0.339 e. The van der Waals surface area contributed by atoms with Gasteiger partial charge in [0.1, 0.15) is 0 Å². The molecule has 0 radical (unpaired) electrons. The summed E-state index contributed by atoms with van der Waals surface area (Å²) >= 11 is 0. The number of hydrogen-bond acceptors (Lipinski definition) is 5. The van der Waals surface area contributed by atoms with Gasteiger partial charge in [-0.05, 0) is 6.42 Å². The molecule has 1 aromatic heterocycles. The fourth-order valence-corrected chi connectivity index (χ4v) is 2.23. The number of nitrogens with one attached hydrogen (secondary N) is 1. The van der Waals surface area contributed by atoms with E-state index >= 15 is 0 Å². The molecule has 1 aliphatic rings. The van der Waals surface area contributed by atoms with Crippen molar-refractivity contribution in [1.82, 2.24) is 20.4 Å². The summed E-state index contributed by atoms with van der Waals surface area (Å²) in [5.41, 5.74) is 0. The SMILES string of the molecule is CCCCCCc1nc(CN2CCNCC2)no1. The molecule has 2 heterocycles. The van der Waals surface area contributed by atoms with Crippen LogP contribution in [-0.4, -0.2) is 41.2 Å². The zero-order valence-electron chi connectivity index (χ0n) is 11.3. The molecule has 1 aromatic rings. The zero-order chi connectivity index (χ0) is 12.6. The molecule has 2 rings (SSSR count). The van der Waals surface area contributed by atoms with Crippen LogP contribution in [-0.2, 0) is 13.0 Å². The van der Waals surface area contributed by atoms with Crippen LogP contribution in [0.4, 0.5) is 0 Å². The zero-order valence-corrected chi connectivity index (χ0v) is 11.3. The van der Waals surface area contributed by atoms with Crippen LogP contribution in [0.1, 0.15) is 44.3 Å². The third-order valence-corrected chi connectivity index (χ3v) is 3.33. The number of aryl methyl sites for hydroxylation is 1. The van der Waals surface area contributed by atoms with E-state index in [9.17, 15) is 0 Å². The van der Waals surface area contributed by atoms with Gasteiger partial charge in [-0.25, -0.2) is 0 Å².